The van der Waals surface area contributed by atoms with Gasteiger partial charge in [-0.05, 0) is 197 Å². The second-order valence-corrected chi connectivity index (χ2v) is 27.3. The summed E-state index contributed by atoms with van der Waals surface area (Å²) in [6.45, 7) is 7.88. The van der Waals surface area contributed by atoms with Crippen LogP contribution >= 0.6 is 0 Å². The highest BCUT2D eigenvalue weighted by molar-refractivity contribution is 5.96. The van der Waals surface area contributed by atoms with E-state index in [1.54, 1.807) is 48.6 Å². The second kappa shape index (κ2) is 22.8. The summed E-state index contributed by atoms with van der Waals surface area (Å²) >= 11 is 0. The van der Waals surface area contributed by atoms with Crippen molar-refractivity contribution in [2.45, 2.75) is 29.1 Å². The van der Waals surface area contributed by atoms with E-state index in [1.807, 2.05) is 192 Å². The Morgan fingerprint density at radius 3 is 0.981 bits per heavy atom. The number of halogens is 8. The van der Waals surface area contributed by atoms with Gasteiger partial charge in [0.15, 0.2) is 34.9 Å². The first kappa shape index (κ1) is 61.7. The molecule has 0 saturated heterocycles. The maximum Gasteiger partial charge on any atom is 0.195 e. The maximum absolute atomic E-state index is 18.5. The monoisotopic (exact) mass is 1350 g/mol. The Hall–Kier alpha value is -12.4. The number of anilines is 6. The Balaban J connectivity index is 0.851. The van der Waals surface area contributed by atoms with Gasteiger partial charge in [0.1, 0.15) is 11.6 Å². The number of rotatable bonds is 10. The largest absolute Gasteiger partial charge is 0.310 e. The smallest absolute Gasteiger partial charge is 0.195 e. The second-order valence-electron chi connectivity index (χ2n) is 27.3. The molecule has 0 aromatic heterocycles. The molecule has 0 radical (unpaired) electrons. The standard InChI is InChI=1S/C93H56F8N2/c1-3-53-29-33-55(34-30-53)51-91-73-27-13-11-25-67(73)69-41-37-63(47-75(69)91)102(61-23-15-17-57(45-61)79-83(94)81(91)87(98)89(100)85(79)96)65-39-43-71-72-44-40-66(50-78(72)93(77(71)49-65,59-19-7-5-8-20-59)60-21-9-6-10-22-60)103-62-24-16-18-58(46-62)80-84(95)82(88(99)90(101)86(80)97)92(52-56-35-31-54(4-2)32-36-56)74-28-14-12-26-68(74)70-42-38-64(103)48-76(70)92/h3-50H,1-2,51-52H2. The zero-order valence-corrected chi connectivity index (χ0v) is 55.0. The molecule has 0 spiro atoms. The minimum Gasteiger partial charge on any atom is -0.310 e. The lowest BCUT2D eigenvalue weighted by Gasteiger charge is -2.36. The van der Waals surface area contributed by atoms with Crippen molar-refractivity contribution >= 4 is 46.3 Å². The van der Waals surface area contributed by atoms with Crippen molar-refractivity contribution in [1.29, 1.82) is 0 Å². The van der Waals surface area contributed by atoms with Crippen LogP contribution in [0.4, 0.5) is 69.2 Å². The van der Waals surface area contributed by atoms with Crippen LogP contribution in [-0.2, 0) is 29.1 Å². The number of benzene rings is 14. The van der Waals surface area contributed by atoms with Crippen LogP contribution in [0.25, 0.3) is 67.8 Å². The highest BCUT2D eigenvalue weighted by atomic mass is 19.2. The molecular formula is C93H56F8N2. The molecular weight excluding hydrogens is 1300 g/mol. The van der Waals surface area contributed by atoms with Gasteiger partial charge in [-0.15, -0.1) is 0 Å². The van der Waals surface area contributed by atoms with Crippen LogP contribution in [0.3, 0.4) is 0 Å². The zero-order chi connectivity index (χ0) is 69.9. The van der Waals surface area contributed by atoms with Crippen molar-refractivity contribution in [2.24, 2.45) is 0 Å². The molecule has 0 N–H and O–H groups in total. The third-order valence-corrected chi connectivity index (χ3v) is 22.4. The molecule has 3 aliphatic carbocycles. The van der Waals surface area contributed by atoms with E-state index in [0.717, 1.165) is 44.5 Å². The summed E-state index contributed by atoms with van der Waals surface area (Å²) in [4.78, 5) is 4.07. The normalized spacial score (nSPS) is 16.2. The van der Waals surface area contributed by atoms with Crippen LogP contribution < -0.4 is 9.80 Å². The number of nitrogens with zero attached hydrogens (tertiary/aromatic N) is 2. The molecule has 19 rings (SSSR count). The lowest BCUT2D eigenvalue weighted by Crippen LogP contribution is -2.33. The van der Waals surface area contributed by atoms with E-state index in [9.17, 15) is 0 Å². The van der Waals surface area contributed by atoms with Gasteiger partial charge < -0.3 is 9.80 Å². The first-order chi connectivity index (χ1) is 50.3. The summed E-state index contributed by atoms with van der Waals surface area (Å²) in [5.74, 6) is -12.5. The average Bonchev–Trinajstić information content (AvgIpc) is 1.56. The number of fused-ring (bicyclic) bond motifs is 23. The molecule has 103 heavy (non-hydrogen) atoms. The van der Waals surface area contributed by atoms with Gasteiger partial charge in [0.2, 0.25) is 0 Å². The van der Waals surface area contributed by atoms with E-state index >= 15 is 35.1 Å². The zero-order valence-electron chi connectivity index (χ0n) is 55.0. The summed E-state index contributed by atoms with van der Waals surface area (Å²) in [7, 11) is 0. The minimum atomic E-state index is -1.78. The number of hydrogen-bond acceptors (Lipinski definition) is 2. The highest BCUT2D eigenvalue weighted by Gasteiger charge is 2.54. The highest BCUT2D eigenvalue weighted by Crippen LogP contribution is 2.63. The van der Waals surface area contributed by atoms with E-state index in [4.69, 9.17) is 0 Å². The molecule has 0 amide bonds. The first-order valence-corrected chi connectivity index (χ1v) is 34.1. The van der Waals surface area contributed by atoms with Crippen molar-refractivity contribution in [2.75, 3.05) is 9.80 Å². The first-order valence-electron chi connectivity index (χ1n) is 34.1. The summed E-state index contributed by atoms with van der Waals surface area (Å²) in [5.41, 5.74) is 9.28. The topological polar surface area (TPSA) is 6.48 Å². The third-order valence-electron chi connectivity index (χ3n) is 22.4. The van der Waals surface area contributed by atoms with Gasteiger partial charge in [-0.1, -0.05) is 232 Å². The van der Waals surface area contributed by atoms with Crippen molar-refractivity contribution in [3.05, 3.63) is 417 Å². The van der Waals surface area contributed by atoms with Crippen LogP contribution in [0.5, 0.6) is 0 Å². The Kier molecular flexibility index (Phi) is 13.7. The fourth-order valence-corrected chi connectivity index (χ4v) is 18.0. The predicted molar refractivity (Wildman–Crippen MR) is 395 cm³/mol. The molecule has 0 saturated carbocycles. The van der Waals surface area contributed by atoms with Gasteiger partial charge in [0, 0.05) is 45.3 Å². The van der Waals surface area contributed by atoms with E-state index in [1.165, 1.54) is 12.1 Å². The predicted octanol–water partition coefficient (Wildman–Crippen LogP) is 24.5. The quantitative estimate of drug-likeness (QED) is 0.0765. The molecule has 0 fully saturated rings. The minimum absolute atomic E-state index is 0.00885. The van der Waals surface area contributed by atoms with Gasteiger partial charge in [-0.3, -0.25) is 0 Å². The lowest BCUT2D eigenvalue weighted by atomic mass is 9.67. The Morgan fingerprint density at radius 1 is 0.272 bits per heavy atom. The third kappa shape index (κ3) is 8.55. The van der Waals surface area contributed by atoms with Crippen LogP contribution in [0, 0.1) is 46.5 Å². The summed E-state index contributed by atoms with van der Waals surface area (Å²) in [6.07, 6.45) is 3.33. The molecule has 14 aromatic rings. The molecule has 2 unspecified atom stereocenters. The lowest BCUT2D eigenvalue weighted by molar-refractivity contribution is 0.410. The van der Waals surface area contributed by atoms with E-state index in [2.05, 4.69) is 61.7 Å². The average molecular weight is 1350 g/mol. The van der Waals surface area contributed by atoms with Gasteiger partial charge in [-0.2, -0.15) is 0 Å². The molecule has 2 atom stereocenters. The van der Waals surface area contributed by atoms with Crippen LogP contribution in [0.2, 0.25) is 0 Å². The van der Waals surface area contributed by atoms with Crippen molar-refractivity contribution in [3.63, 3.8) is 0 Å². The molecule has 10 heteroatoms. The Morgan fingerprint density at radius 2 is 0.602 bits per heavy atom. The Bertz CT molecular complexity index is 5620. The van der Waals surface area contributed by atoms with E-state index in [0.29, 0.717) is 89.8 Å². The van der Waals surface area contributed by atoms with Crippen LogP contribution in [-0.4, -0.2) is 0 Å². The molecule has 2 heterocycles. The van der Waals surface area contributed by atoms with Gasteiger partial charge >= 0.3 is 0 Å². The summed E-state index contributed by atoms with van der Waals surface area (Å²) < 4.78 is 140. The molecule has 494 valence electrons. The molecule has 12 bridgehead atoms. The van der Waals surface area contributed by atoms with Crippen LogP contribution in [0.1, 0.15) is 77.9 Å². The van der Waals surface area contributed by atoms with Gasteiger partial charge in [-0.25, -0.2) is 35.1 Å². The molecule has 2 nitrogen and oxygen atoms in total. The van der Waals surface area contributed by atoms with Crippen molar-refractivity contribution in [3.8, 4) is 55.6 Å². The number of hydrogen-bond donors (Lipinski definition) is 0. The SMILES string of the molecule is C=Cc1ccc(CC23c4ccccc4-c4ccc(cc42)N(c2ccc4c(c2)C(c2ccccc2)(c2ccccc2)c2cc(N5c6cccc(c6)-c6c(F)c(F)c(F)c(c6F)C6(Cc7ccc(C=C)cc7)c7ccccc7-c7ccc5cc76)ccc2-4)c2cccc(c2)-c2c(F)c(F)c(F)c3c2F)cc1. The maximum atomic E-state index is 18.5. The molecule has 2 aliphatic heterocycles. The van der Waals surface area contributed by atoms with Gasteiger partial charge in [0.05, 0.1) is 27.4 Å². The summed E-state index contributed by atoms with van der Waals surface area (Å²) in [5, 5.41) is 0. The van der Waals surface area contributed by atoms with E-state index < -0.39 is 85.0 Å². The Labute approximate surface area is 589 Å². The fourth-order valence-electron chi connectivity index (χ4n) is 18.0. The van der Waals surface area contributed by atoms with Crippen LogP contribution in [0.15, 0.2) is 292 Å². The van der Waals surface area contributed by atoms with Crippen molar-refractivity contribution < 1.29 is 35.1 Å². The molecule has 5 aliphatic rings. The fraction of sp³-hybridized carbons (Fsp3) is 0.0538. The molecule has 14 aromatic carbocycles. The van der Waals surface area contributed by atoms with Crippen molar-refractivity contribution in [1.82, 2.24) is 0 Å². The van der Waals surface area contributed by atoms with Gasteiger partial charge in [0.25, 0.3) is 0 Å². The van der Waals surface area contributed by atoms with E-state index in [-0.39, 0.29) is 24.0 Å². The summed E-state index contributed by atoms with van der Waals surface area (Å²) in [6, 6.07) is 87.7.